The highest BCUT2D eigenvalue weighted by atomic mass is 16.1. The maximum Gasteiger partial charge on any atom is 0.223 e. The molecule has 2 aliphatic rings. The number of nitrogens with one attached hydrogen (secondary N) is 1. The zero-order chi connectivity index (χ0) is 12.3. The molecule has 0 saturated heterocycles. The van der Waals surface area contributed by atoms with Crippen LogP contribution in [0.1, 0.15) is 58.3 Å². The Morgan fingerprint density at radius 3 is 2.47 bits per heavy atom. The van der Waals surface area contributed by atoms with E-state index in [0.717, 1.165) is 19.3 Å². The van der Waals surface area contributed by atoms with Crippen molar-refractivity contribution in [2.75, 3.05) is 0 Å². The van der Waals surface area contributed by atoms with Gasteiger partial charge in [-0.25, -0.2) is 0 Å². The number of rotatable bonds is 3. The molecule has 0 aromatic rings. The smallest absolute Gasteiger partial charge is 0.223 e. The summed E-state index contributed by atoms with van der Waals surface area (Å²) in [7, 11) is 0. The van der Waals surface area contributed by atoms with Crippen LogP contribution in [0.15, 0.2) is 0 Å². The highest BCUT2D eigenvalue weighted by Gasteiger charge is 2.30. The van der Waals surface area contributed by atoms with Gasteiger partial charge in [-0.15, -0.1) is 0 Å². The molecular formula is C14H26N2O. The lowest BCUT2D eigenvalue weighted by molar-refractivity contribution is -0.125. The number of carbonyl (C=O) groups excluding carboxylic acids is 1. The molecule has 0 aromatic heterocycles. The minimum atomic E-state index is 0.177. The van der Waals surface area contributed by atoms with Crippen molar-refractivity contribution in [2.24, 2.45) is 17.6 Å². The van der Waals surface area contributed by atoms with E-state index in [1.165, 1.54) is 32.1 Å². The second kappa shape index (κ2) is 5.85. The topological polar surface area (TPSA) is 55.1 Å². The molecule has 0 spiro atoms. The Morgan fingerprint density at radius 1 is 1.18 bits per heavy atom. The standard InChI is InChI=1S/C14H26N2O/c1-10(11-5-3-2-4-6-11)16-14(17)12-7-8-13(15)9-12/h10-13H,2-9,15H2,1H3,(H,16,17)/t10-,12?,13?/m0/s1. The van der Waals surface area contributed by atoms with Gasteiger partial charge < -0.3 is 11.1 Å². The largest absolute Gasteiger partial charge is 0.353 e. The van der Waals surface area contributed by atoms with Gasteiger partial charge in [0.2, 0.25) is 5.91 Å². The third kappa shape index (κ3) is 3.44. The van der Waals surface area contributed by atoms with Crippen LogP contribution in [0.2, 0.25) is 0 Å². The van der Waals surface area contributed by atoms with E-state index in [-0.39, 0.29) is 17.9 Å². The molecule has 2 unspecified atom stereocenters. The van der Waals surface area contributed by atoms with Gasteiger partial charge in [0.15, 0.2) is 0 Å². The third-order valence-corrected chi connectivity index (χ3v) is 4.57. The minimum Gasteiger partial charge on any atom is -0.353 e. The van der Waals surface area contributed by atoms with Gasteiger partial charge >= 0.3 is 0 Å². The van der Waals surface area contributed by atoms with E-state index in [1.807, 2.05) is 0 Å². The highest BCUT2D eigenvalue weighted by Crippen LogP contribution is 2.28. The fourth-order valence-corrected chi connectivity index (χ4v) is 3.35. The van der Waals surface area contributed by atoms with Crippen molar-refractivity contribution in [3.05, 3.63) is 0 Å². The van der Waals surface area contributed by atoms with E-state index < -0.39 is 0 Å². The number of nitrogens with two attached hydrogens (primary N) is 1. The third-order valence-electron chi connectivity index (χ3n) is 4.57. The van der Waals surface area contributed by atoms with E-state index in [0.29, 0.717) is 12.0 Å². The fraction of sp³-hybridized carbons (Fsp3) is 0.929. The first kappa shape index (κ1) is 12.9. The average Bonchev–Trinajstić information content (AvgIpc) is 2.77. The van der Waals surface area contributed by atoms with Crippen LogP contribution in [-0.2, 0) is 4.79 Å². The Labute approximate surface area is 105 Å². The van der Waals surface area contributed by atoms with Gasteiger partial charge in [0.05, 0.1) is 0 Å². The van der Waals surface area contributed by atoms with Gasteiger partial charge in [-0.1, -0.05) is 19.3 Å². The number of hydrogen-bond donors (Lipinski definition) is 2. The molecule has 2 rings (SSSR count). The quantitative estimate of drug-likeness (QED) is 0.792. The van der Waals surface area contributed by atoms with Crippen molar-refractivity contribution in [3.8, 4) is 0 Å². The van der Waals surface area contributed by atoms with E-state index in [1.54, 1.807) is 0 Å². The lowest BCUT2D eigenvalue weighted by Gasteiger charge is -2.29. The first-order valence-electron chi connectivity index (χ1n) is 7.22. The van der Waals surface area contributed by atoms with E-state index in [9.17, 15) is 4.79 Å². The van der Waals surface area contributed by atoms with Crippen molar-refractivity contribution in [1.29, 1.82) is 0 Å². The van der Waals surface area contributed by atoms with Crippen LogP contribution in [-0.4, -0.2) is 18.0 Å². The van der Waals surface area contributed by atoms with Crippen molar-refractivity contribution in [3.63, 3.8) is 0 Å². The molecule has 3 nitrogen and oxygen atoms in total. The summed E-state index contributed by atoms with van der Waals surface area (Å²) < 4.78 is 0. The first-order chi connectivity index (χ1) is 8.16. The van der Waals surface area contributed by atoms with Gasteiger partial charge in [0.1, 0.15) is 0 Å². The lowest BCUT2D eigenvalue weighted by Crippen LogP contribution is -2.41. The Kier molecular flexibility index (Phi) is 4.43. The van der Waals surface area contributed by atoms with Crippen molar-refractivity contribution < 1.29 is 4.79 Å². The minimum absolute atomic E-state index is 0.177. The second-order valence-electron chi connectivity index (χ2n) is 5.97. The summed E-state index contributed by atoms with van der Waals surface area (Å²) in [5.74, 6) is 1.12. The summed E-state index contributed by atoms with van der Waals surface area (Å²) >= 11 is 0. The first-order valence-corrected chi connectivity index (χ1v) is 7.22. The van der Waals surface area contributed by atoms with Crippen LogP contribution in [0, 0.1) is 11.8 Å². The van der Waals surface area contributed by atoms with E-state index in [4.69, 9.17) is 5.73 Å². The van der Waals surface area contributed by atoms with Crippen LogP contribution < -0.4 is 11.1 Å². The molecule has 2 saturated carbocycles. The zero-order valence-electron chi connectivity index (χ0n) is 11.0. The molecule has 0 radical (unpaired) electrons. The summed E-state index contributed by atoms with van der Waals surface area (Å²) in [6.07, 6.45) is 9.47. The molecular weight excluding hydrogens is 212 g/mol. The Bertz CT molecular complexity index is 261. The summed E-state index contributed by atoms with van der Waals surface area (Å²) in [6.45, 7) is 2.17. The fourth-order valence-electron chi connectivity index (χ4n) is 3.35. The Hall–Kier alpha value is -0.570. The van der Waals surface area contributed by atoms with Gasteiger partial charge in [-0.2, -0.15) is 0 Å². The highest BCUT2D eigenvalue weighted by molar-refractivity contribution is 5.79. The van der Waals surface area contributed by atoms with Gasteiger partial charge in [0, 0.05) is 18.0 Å². The SMILES string of the molecule is C[C@H](NC(=O)C1CCC(N)C1)C1CCCCC1. The molecule has 98 valence electrons. The summed E-state index contributed by atoms with van der Waals surface area (Å²) in [4.78, 5) is 12.1. The molecule has 17 heavy (non-hydrogen) atoms. The Morgan fingerprint density at radius 2 is 1.88 bits per heavy atom. The average molecular weight is 238 g/mol. The zero-order valence-corrected chi connectivity index (χ0v) is 11.0. The predicted molar refractivity (Wildman–Crippen MR) is 69.5 cm³/mol. The molecule has 3 atom stereocenters. The maximum atomic E-state index is 12.1. The van der Waals surface area contributed by atoms with Crippen LogP contribution in [0.5, 0.6) is 0 Å². The lowest BCUT2D eigenvalue weighted by atomic mass is 9.84. The number of carbonyl (C=O) groups is 1. The number of hydrogen-bond acceptors (Lipinski definition) is 2. The molecule has 1 amide bonds. The van der Waals surface area contributed by atoms with Crippen molar-refractivity contribution >= 4 is 5.91 Å². The predicted octanol–water partition coefficient (Wildman–Crippen LogP) is 2.20. The van der Waals surface area contributed by atoms with E-state index >= 15 is 0 Å². The van der Waals surface area contributed by atoms with E-state index in [2.05, 4.69) is 12.2 Å². The number of amides is 1. The van der Waals surface area contributed by atoms with Crippen LogP contribution in [0.4, 0.5) is 0 Å². The molecule has 0 bridgehead atoms. The van der Waals surface area contributed by atoms with Gasteiger partial charge in [-0.05, 0) is 44.9 Å². The summed E-state index contributed by atoms with van der Waals surface area (Å²) in [5.41, 5.74) is 5.86. The summed E-state index contributed by atoms with van der Waals surface area (Å²) in [6, 6.07) is 0.593. The molecule has 2 fully saturated rings. The molecule has 0 aliphatic heterocycles. The molecule has 3 heteroatoms. The van der Waals surface area contributed by atoms with Crippen LogP contribution in [0.25, 0.3) is 0 Å². The molecule has 0 aromatic carbocycles. The van der Waals surface area contributed by atoms with Crippen molar-refractivity contribution in [2.45, 2.75) is 70.4 Å². The Balaban J connectivity index is 1.77. The molecule has 0 heterocycles. The monoisotopic (exact) mass is 238 g/mol. The van der Waals surface area contributed by atoms with Crippen LogP contribution in [0.3, 0.4) is 0 Å². The molecule has 3 N–H and O–H groups in total. The van der Waals surface area contributed by atoms with Gasteiger partial charge in [-0.3, -0.25) is 4.79 Å². The van der Waals surface area contributed by atoms with Crippen LogP contribution >= 0.6 is 0 Å². The second-order valence-corrected chi connectivity index (χ2v) is 5.97. The summed E-state index contributed by atoms with van der Waals surface area (Å²) in [5, 5.41) is 3.22. The van der Waals surface area contributed by atoms with Crippen molar-refractivity contribution in [1.82, 2.24) is 5.32 Å². The normalized spacial score (nSPS) is 32.4. The maximum absolute atomic E-state index is 12.1. The van der Waals surface area contributed by atoms with Gasteiger partial charge in [0.25, 0.3) is 0 Å². The molecule has 2 aliphatic carbocycles.